The average Bonchev–Trinajstić information content (AvgIpc) is 3.12. The standard InChI is InChI=1S/C17H16BrClN2O6S/c18-9-1-2-14(22)15(5-9)28(25,26)21-13-7-10(19)6-12(16(13)23)17(24)20-11-3-4-27-8-11/h1-2,5-7,11,21-23H,3-4,8H2,(H,20,24)/t11-/m0/s1. The van der Waals surface area contributed by atoms with E-state index < -0.39 is 32.3 Å². The molecule has 0 bridgehead atoms. The molecule has 3 rings (SSSR count). The van der Waals surface area contributed by atoms with Gasteiger partial charge < -0.3 is 20.3 Å². The summed E-state index contributed by atoms with van der Waals surface area (Å²) in [6.07, 6.45) is 0.634. The zero-order chi connectivity index (χ0) is 20.5. The minimum Gasteiger partial charge on any atom is -0.507 e. The number of carbonyl (C=O) groups is 1. The monoisotopic (exact) mass is 490 g/mol. The van der Waals surface area contributed by atoms with E-state index in [1.165, 1.54) is 30.3 Å². The second-order valence-corrected chi connectivity index (χ2v) is 9.10. The van der Waals surface area contributed by atoms with Crippen LogP contribution in [0.15, 0.2) is 39.7 Å². The Morgan fingerprint density at radius 1 is 1.25 bits per heavy atom. The first kappa shape index (κ1) is 20.7. The van der Waals surface area contributed by atoms with E-state index in [0.717, 1.165) is 0 Å². The molecule has 11 heteroatoms. The highest BCUT2D eigenvalue weighted by Crippen LogP contribution is 2.35. The van der Waals surface area contributed by atoms with E-state index in [-0.39, 0.29) is 22.3 Å². The summed E-state index contributed by atoms with van der Waals surface area (Å²) in [7, 11) is -4.27. The van der Waals surface area contributed by atoms with Crippen molar-refractivity contribution in [2.45, 2.75) is 17.4 Å². The van der Waals surface area contributed by atoms with Crippen LogP contribution in [0.5, 0.6) is 11.5 Å². The number of hydrogen-bond donors (Lipinski definition) is 4. The Kier molecular flexibility index (Phi) is 6.04. The van der Waals surface area contributed by atoms with Gasteiger partial charge in [-0.25, -0.2) is 8.42 Å². The Morgan fingerprint density at radius 2 is 2.00 bits per heavy atom. The van der Waals surface area contributed by atoms with E-state index >= 15 is 0 Å². The summed E-state index contributed by atoms with van der Waals surface area (Å²) in [5.74, 6) is -1.67. The van der Waals surface area contributed by atoms with Gasteiger partial charge in [-0.05, 0) is 36.8 Å². The van der Waals surface area contributed by atoms with Gasteiger partial charge in [-0.2, -0.15) is 0 Å². The molecule has 0 saturated carbocycles. The molecule has 0 aromatic heterocycles. The molecule has 1 saturated heterocycles. The molecule has 1 heterocycles. The van der Waals surface area contributed by atoms with Crippen LogP contribution in [0.2, 0.25) is 5.02 Å². The number of sulfonamides is 1. The lowest BCUT2D eigenvalue weighted by molar-refractivity contribution is 0.0927. The van der Waals surface area contributed by atoms with Gasteiger partial charge in [-0.15, -0.1) is 0 Å². The van der Waals surface area contributed by atoms with E-state index in [1.54, 1.807) is 0 Å². The highest BCUT2D eigenvalue weighted by atomic mass is 79.9. The zero-order valence-electron chi connectivity index (χ0n) is 14.3. The molecule has 2 aromatic carbocycles. The first-order valence-electron chi connectivity index (χ1n) is 8.10. The molecule has 1 amide bonds. The zero-order valence-corrected chi connectivity index (χ0v) is 17.4. The van der Waals surface area contributed by atoms with Crippen LogP contribution in [-0.2, 0) is 14.8 Å². The number of amides is 1. The number of carbonyl (C=O) groups excluding carboxylic acids is 1. The lowest BCUT2D eigenvalue weighted by atomic mass is 10.1. The second-order valence-electron chi connectivity index (χ2n) is 6.10. The molecule has 1 aliphatic heterocycles. The van der Waals surface area contributed by atoms with Gasteiger partial charge in [-0.1, -0.05) is 27.5 Å². The fraction of sp³-hybridized carbons (Fsp3) is 0.235. The smallest absolute Gasteiger partial charge is 0.265 e. The summed E-state index contributed by atoms with van der Waals surface area (Å²) in [5, 5.41) is 23.1. The predicted octanol–water partition coefficient (Wildman–Crippen LogP) is 2.83. The van der Waals surface area contributed by atoms with Gasteiger partial charge in [0.2, 0.25) is 0 Å². The summed E-state index contributed by atoms with van der Waals surface area (Å²) in [5.41, 5.74) is -0.477. The van der Waals surface area contributed by atoms with Crippen molar-refractivity contribution in [1.29, 1.82) is 0 Å². The summed E-state index contributed by atoms with van der Waals surface area (Å²) in [6.45, 7) is 0.877. The summed E-state index contributed by atoms with van der Waals surface area (Å²) >= 11 is 9.14. The summed E-state index contributed by atoms with van der Waals surface area (Å²) in [6, 6.07) is 6.08. The van der Waals surface area contributed by atoms with Gasteiger partial charge in [0.1, 0.15) is 10.6 Å². The molecule has 28 heavy (non-hydrogen) atoms. The van der Waals surface area contributed by atoms with E-state index in [1.807, 2.05) is 0 Å². The van der Waals surface area contributed by atoms with E-state index in [9.17, 15) is 23.4 Å². The lowest BCUT2D eigenvalue weighted by Gasteiger charge is -2.15. The van der Waals surface area contributed by atoms with Crippen molar-refractivity contribution in [3.05, 3.63) is 45.4 Å². The quantitative estimate of drug-likeness (QED) is 0.477. The molecule has 0 aliphatic carbocycles. The normalized spacial score (nSPS) is 16.7. The maximum Gasteiger partial charge on any atom is 0.265 e. The molecule has 0 spiro atoms. The van der Waals surface area contributed by atoms with Crippen LogP contribution in [0.1, 0.15) is 16.8 Å². The molecule has 1 atom stereocenters. The van der Waals surface area contributed by atoms with E-state index in [0.29, 0.717) is 24.1 Å². The fourth-order valence-electron chi connectivity index (χ4n) is 2.66. The summed E-state index contributed by atoms with van der Waals surface area (Å²) in [4.78, 5) is 12.0. The number of nitrogens with one attached hydrogen (secondary N) is 2. The molecule has 4 N–H and O–H groups in total. The molecule has 8 nitrogen and oxygen atoms in total. The number of phenols is 2. The Morgan fingerprint density at radius 3 is 2.68 bits per heavy atom. The number of halogens is 2. The number of aromatic hydroxyl groups is 2. The van der Waals surface area contributed by atoms with Crippen molar-refractivity contribution in [1.82, 2.24) is 5.32 Å². The highest BCUT2D eigenvalue weighted by Gasteiger charge is 2.25. The third-order valence-electron chi connectivity index (χ3n) is 4.04. The minimum absolute atomic E-state index is 0.0433. The number of phenolic OH excluding ortho intramolecular Hbond substituents is 2. The molecule has 1 aliphatic rings. The van der Waals surface area contributed by atoms with Crippen molar-refractivity contribution in [2.24, 2.45) is 0 Å². The molecule has 150 valence electrons. The molecule has 1 fully saturated rings. The van der Waals surface area contributed by atoms with E-state index in [2.05, 4.69) is 26.0 Å². The number of rotatable bonds is 5. The maximum absolute atomic E-state index is 12.6. The topological polar surface area (TPSA) is 125 Å². The van der Waals surface area contributed by atoms with Gasteiger partial charge in [0.05, 0.1) is 23.9 Å². The lowest BCUT2D eigenvalue weighted by Crippen LogP contribution is -2.35. The van der Waals surface area contributed by atoms with Crippen LogP contribution in [0.4, 0.5) is 5.69 Å². The van der Waals surface area contributed by atoms with Crippen molar-refractivity contribution < 1.29 is 28.2 Å². The van der Waals surface area contributed by atoms with Gasteiger partial charge in [0.25, 0.3) is 15.9 Å². The van der Waals surface area contributed by atoms with Crippen molar-refractivity contribution >= 4 is 49.1 Å². The maximum atomic E-state index is 12.6. The third-order valence-corrected chi connectivity index (χ3v) is 6.15. The number of anilines is 1. The second kappa shape index (κ2) is 8.16. The fourth-order valence-corrected chi connectivity index (χ4v) is 4.58. The van der Waals surface area contributed by atoms with Crippen molar-refractivity contribution in [3.8, 4) is 11.5 Å². The van der Waals surface area contributed by atoms with Crippen LogP contribution < -0.4 is 10.0 Å². The average molecular weight is 492 g/mol. The minimum atomic E-state index is -4.27. The van der Waals surface area contributed by atoms with Gasteiger partial charge in [-0.3, -0.25) is 9.52 Å². The highest BCUT2D eigenvalue weighted by molar-refractivity contribution is 9.10. The van der Waals surface area contributed by atoms with Crippen LogP contribution in [0.3, 0.4) is 0 Å². The van der Waals surface area contributed by atoms with Gasteiger partial charge in [0, 0.05) is 16.1 Å². The SMILES string of the molecule is O=C(N[C@H]1CCOC1)c1cc(Cl)cc(NS(=O)(=O)c2cc(Br)ccc2O)c1O. The Hall–Kier alpha value is -2.01. The first-order valence-corrected chi connectivity index (χ1v) is 10.8. The third kappa shape index (κ3) is 4.52. The van der Waals surface area contributed by atoms with Crippen LogP contribution in [0.25, 0.3) is 0 Å². The van der Waals surface area contributed by atoms with Crippen LogP contribution >= 0.6 is 27.5 Å². The molecule has 0 unspecified atom stereocenters. The molecule has 0 radical (unpaired) electrons. The predicted molar refractivity (Wildman–Crippen MR) is 106 cm³/mol. The molecular formula is C17H16BrClN2O6S. The Bertz CT molecular complexity index is 1020. The first-order chi connectivity index (χ1) is 13.2. The van der Waals surface area contributed by atoms with Gasteiger partial charge >= 0.3 is 0 Å². The van der Waals surface area contributed by atoms with Crippen molar-refractivity contribution in [2.75, 3.05) is 17.9 Å². The van der Waals surface area contributed by atoms with Crippen molar-refractivity contribution in [3.63, 3.8) is 0 Å². The number of hydrogen-bond acceptors (Lipinski definition) is 6. The van der Waals surface area contributed by atoms with Crippen LogP contribution in [0, 0.1) is 0 Å². The van der Waals surface area contributed by atoms with Gasteiger partial charge in [0.15, 0.2) is 5.75 Å². The Labute approximate surface area is 174 Å². The number of ether oxygens (including phenoxy) is 1. The van der Waals surface area contributed by atoms with Crippen LogP contribution in [-0.4, -0.2) is 43.8 Å². The molecular weight excluding hydrogens is 476 g/mol. The van der Waals surface area contributed by atoms with E-state index in [4.69, 9.17) is 16.3 Å². The number of benzene rings is 2. The molecule has 2 aromatic rings. The summed E-state index contributed by atoms with van der Waals surface area (Å²) < 4.78 is 33.0. The Balaban J connectivity index is 1.93. The largest absolute Gasteiger partial charge is 0.507 e.